The number of likely N-dealkylation sites (N-methyl/N-ethyl adjacent to an activating group) is 1. The van der Waals surface area contributed by atoms with Crippen molar-refractivity contribution in [2.75, 3.05) is 33.8 Å². The summed E-state index contributed by atoms with van der Waals surface area (Å²) in [5, 5.41) is 1.03. The highest BCUT2D eigenvalue weighted by Crippen LogP contribution is 2.28. The molecule has 0 radical (unpaired) electrons. The Kier molecular flexibility index (Phi) is 4.06. The van der Waals surface area contributed by atoms with E-state index in [1.54, 1.807) is 7.11 Å². The first kappa shape index (κ1) is 15.7. The number of H-pyrrole nitrogens is 1. The maximum atomic E-state index is 12.5. The molecular formula is C19H25N3O2. The van der Waals surface area contributed by atoms with Crippen LogP contribution >= 0.6 is 0 Å². The van der Waals surface area contributed by atoms with Crippen LogP contribution in [0.4, 0.5) is 0 Å². The van der Waals surface area contributed by atoms with Crippen LogP contribution in [0, 0.1) is 5.92 Å². The summed E-state index contributed by atoms with van der Waals surface area (Å²) in [4.78, 5) is 20.5. The lowest BCUT2D eigenvalue weighted by molar-refractivity contribution is 0.124. The van der Waals surface area contributed by atoms with E-state index < -0.39 is 0 Å². The van der Waals surface area contributed by atoms with Gasteiger partial charge in [-0.15, -0.1) is 0 Å². The van der Waals surface area contributed by atoms with Gasteiger partial charge in [0.25, 0.3) is 5.56 Å². The van der Waals surface area contributed by atoms with Crippen LogP contribution < -0.4 is 10.3 Å². The number of piperidine rings is 1. The minimum Gasteiger partial charge on any atom is -0.497 e. The van der Waals surface area contributed by atoms with E-state index in [9.17, 15) is 4.79 Å². The van der Waals surface area contributed by atoms with Crippen LogP contribution in [-0.4, -0.2) is 54.6 Å². The zero-order valence-corrected chi connectivity index (χ0v) is 14.4. The number of benzene rings is 1. The summed E-state index contributed by atoms with van der Waals surface area (Å²) in [6.45, 7) is 4.12. The zero-order chi connectivity index (χ0) is 16.7. The molecule has 3 saturated heterocycles. The highest BCUT2D eigenvalue weighted by Gasteiger charge is 2.33. The molecule has 1 aromatic carbocycles. The average molecular weight is 327 g/mol. The van der Waals surface area contributed by atoms with Crippen molar-refractivity contribution in [2.24, 2.45) is 5.92 Å². The zero-order valence-electron chi connectivity index (χ0n) is 14.4. The molecule has 3 fully saturated rings. The second-order valence-corrected chi connectivity index (χ2v) is 7.32. The Morgan fingerprint density at radius 3 is 2.92 bits per heavy atom. The molecule has 3 aliphatic rings. The van der Waals surface area contributed by atoms with Gasteiger partial charge in [-0.25, -0.2) is 0 Å². The van der Waals surface area contributed by atoms with Crippen LogP contribution in [0.3, 0.4) is 0 Å². The Morgan fingerprint density at radius 1 is 1.21 bits per heavy atom. The van der Waals surface area contributed by atoms with Crippen LogP contribution in [0.1, 0.15) is 18.4 Å². The molecule has 5 nitrogen and oxygen atoms in total. The van der Waals surface area contributed by atoms with Gasteiger partial charge < -0.3 is 14.6 Å². The first-order chi connectivity index (χ1) is 11.6. The van der Waals surface area contributed by atoms with E-state index in [4.69, 9.17) is 4.74 Å². The molecule has 5 rings (SSSR count). The standard InChI is InChI=1S/C19H25N3O2/c1-21-9-13-3-4-16(12-21)22(10-13)11-15-7-14-8-17(24-2)5-6-18(14)20-19(15)23/h5-8,13,16H,3-4,9-12H2,1-2H3,(H,20,23)/t13-,16+/m1/s1. The van der Waals surface area contributed by atoms with Gasteiger partial charge in [0.1, 0.15) is 5.75 Å². The van der Waals surface area contributed by atoms with Gasteiger partial charge in [0.15, 0.2) is 0 Å². The molecule has 0 aliphatic carbocycles. The molecule has 3 aliphatic heterocycles. The van der Waals surface area contributed by atoms with E-state index in [0.717, 1.165) is 47.8 Å². The van der Waals surface area contributed by atoms with E-state index >= 15 is 0 Å². The first-order valence-electron chi connectivity index (χ1n) is 8.75. The Labute approximate surface area is 142 Å². The fraction of sp³-hybridized carbons (Fsp3) is 0.526. The Balaban J connectivity index is 1.64. The topological polar surface area (TPSA) is 48.6 Å². The summed E-state index contributed by atoms with van der Waals surface area (Å²) in [5.74, 6) is 1.55. The van der Waals surface area contributed by atoms with Gasteiger partial charge in [0.2, 0.25) is 0 Å². The molecule has 0 spiro atoms. The third-order valence-electron chi connectivity index (χ3n) is 5.51. The van der Waals surface area contributed by atoms with Crippen molar-refractivity contribution in [1.29, 1.82) is 0 Å². The molecule has 0 saturated carbocycles. The first-order valence-corrected chi connectivity index (χ1v) is 8.75. The predicted octanol–water partition coefficient (Wildman–Crippen LogP) is 2.06. The van der Waals surface area contributed by atoms with Crippen molar-refractivity contribution >= 4 is 10.9 Å². The highest BCUT2D eigenvalue weighted by atomic mass is 16.5. The highest BCUT2D eigenvalue weighted by molar-refractivity contribution is 5.80. The minimum atomic E-state index is 0.0288. The summed E-state index contributed by atoms with van der Waals surface area (Å²) >= 11 is 0. The van der Waals surface area contributed by atoms with E-state index in [-0.39, 0.29) is 5.56 Å². The number of pyridine rings is 1. The lowest BCUT2D eigenvalue weighted by Crippen LogP contribution is -2.43. The van der Waals surface area contributed by atoms with Gasteiger partial charge in [-0.2, -0.15) is 0 Å². The van der Waals surface area contributed by atoms with Crippen molar-refractivity contribution in [3.8, 4) is 5.75 Å². The Bertz CT molecular complexity index is 801. The SMILES string of the molecule is COc1ccc2[nH]c(=O)c(CN3C[C@@H]4CC[C@H]3CN(C)C4)cc2c1. The van der Waals surface area contributed by atoms with Crippen LogP contribution in [0.15, 0.2) is 29.1 Å². The average Bonchev–Trinajstić information content (AvgIpc) is 2.84. The van der Waals surface area contributed by atoms with E-state index in [1.807, 2.05) is 24.3 Å². The summed E-state index contributed by atoms with van der Waals surface area (Å²) in [6.07, 6.45) is 2.56. The molecule has 128 valence electrons. The number of ether oxygens (including phenoxy) is 1. The molecule has 2 bridgehead atoms. The smallest absolute Gasteiger partial charge is 0.252 e. The molecule has 2 aromatic rings. The molecule has 5 heteroatoms. The van der Waals surface area contributed by atoms with Crippen molar-refractivity contribution in [3.63, 3.8) is 0 Å². The summed E-state index contributed by atoms with van der Waals surface area (Å²) in [6, 6.07) is 8.36. The molecule has 0 amide bonds. The molecule has 0 unspecified atom stereocenters. The number of nitrogens with one attached hydrogen (secondary N) is 1. The third kappa shape index (κ3) is 2.94. The summed E-state index contributed by atoms with van der Waals surface area (Å²) < 4.78 is 5.30. The van der Waals surface area contributed by atoms with Crippen LogP contribution in [0.5, 0.6) is 5.75 Å². The minimum absolute atomic E-state index is 0.0288. The Hall–Kier alpha value is -1.85. The van der Waals surface area contributed by atoms with Gasteiger partial charge in [0, 0.05) is 48.7 Å². The molecular weight excluding hydrogens is 302 g/mol. The van der Waals surface area contributed by atoms with Gasteiger partial charge in [-0.3, -0.25) is 9.69 Å². The van der Waals surface area contributed by atoms with Gasteiger partial charge >= 0.3 is 0 Å². The molecule has 4 heterocycles. The second-order valence-electron chi connectivity index (χ2n) is 7.32. The normalized spacial score (nSPS) is 25.1. The molecule has 24 heavy (non-hydrogen) atoms. The second kappa shape index (κ2) is 6.22. The van der Waals surface area contributed by atoms with Crippen molar-refractivity contribution in [3.05, 3.63) is 40.2 Å². The van der Waals surface area contributed by atoms with Crippen molar-refractivity contribution in [1.82, 2.24) is 14.8 Å². The molecule has 2 atom stereocenters. The summed E-state index contributed by atoms with van der Waals surface area (Å²) in [5.41, 5.74) is 1.74. The predicted molar refractivity (Wildman–Crippen MR) is 95.5 cm³/mol. The van der Waals surface area contributed by atoms with E-state index in [2.05, 4.69) is 21.8 Å². The fourth-order valence-corrected chi connectivity index (χ4v) is 4.30. The largest absolute Gasteiger partial charge is 0.497 e. The number of aromatic amines is 1. The molecule has 1 aromatic heterocycles. The van der Waals surface area contributed by atoms with Gasteiger partial charge in [-0.05, 0) is 50.1 Å². The van der Waals surface area contributed by atoms with Gasteiger partial charge in [0.05, 0.1) is 7.11 Å². The number of methoxy groups -OCH3 is 1. The van der Waals surface area contributed by atoms with Crippen LogP contribution in [0.2, 0.25) is 0 Å². The number of aromatic nitrogens is 1. The number of rotatable bonds is 3. The van der Waals surface area contributed by atoms with Gasteiger partial charge in [-0.1, -0.05) is 0 Å². The van der Waals surface area contributed by atoms with E-state index in [1.165, 1.54) is 19.4 Å². The maximum Gasteiger partial charge on any atom is 0.252 e. The van der Waals surface area contributed by atoms with E-state index in [0.29, 0.717) is 6.04 Å². The molecule has 1 N–H and O–H groups in total. The summed E-state index contributed by atoms with van der Waals surface area (Å²) in [7, 11) is 3.88. The maximum absolute atomic E-state index is 12.5. The number of nitrogens with zero attached hydrogens (tertiary/aromatic N) is 2. The number of hydrogen-bond donors (Lipinski definition) is 1. The quantitative estimate of drug-likeness (QED) is 0.937. The monoisotopic (exact) mass is 327 g/mol. The number of fused-ring (bicyclic) bond motifs is 5. The lowest BCUT2D eigenvalue weighted by atomic mass is 9.94. The number of hydrogen-bond acceptors (Lipinski definition) is 4. The van der Waals surface area contributed by atoms with Crippen molar-refractivity contribution < 1.29 is 4.74 Å². The van der Waals surface area contributed by atoms with Crippen LogP contribution in [0.25, 0.3) is 10.9 Å². The Morgan fingerprint density at radius 2 is 2.08 bits per heavy atom. The lowest BCUT2D eigenvalue weighted by Gasteiger charge is -2.36. The third-order valence-corrected chi connectivity index (χ3v) is 5.51. The van der Waals surface area contributed by atoms with Crippen molar-refractivity contribution in [2.45, 2.75) is 25.4 Å². The fourth-order valence-electron chi connectivity index (χ4n) is 4.30. The van der Waals surface area contributed by atoms with Crippen LogP contribution in [-0.2, 0) is 6.54 Å².